The summed E-state index contributed by atoms with van der Waals surface area (Å²) in [6.45, 7) is 5.29. The third kappa shape index (κ3) is 3.82. The molecular weight excluding hydrogens is 266 g/mol. The van der Waals surface area contributed by atoms with Crippen LogP contribution in [0.15, 0.2) is 24.3 Å². The Morgan fingerprint density at radius 3 is 2.52 bits per heavy atom. The minimum absolute atomic E-state index is 0.0204. The van der Waals surface area contributed by atoms with Crippen molar-refractivity contribution < 1.29 is 9.59 Å². The summed E-state index contributed by atoms with van der Waals surface area (Å²) in [5, 5.41) is 8.95. The second-order valence-electron chi connectivity index (χ2n) is 5.61. The maximum absolute atomic E-state index is 12.4. The van der Waals surface area contributed by atoms with Gasteiger partial charge in [-0.15, -0.1) is 0 Å². The van der Waals surface area contributed by atoms with E-state index in [0.29, 0.717) is 17.8 Å². The van der Waals surface area contributed by atoms with E-state index in [4.69, 9.17) is 0 Å². The number of anilines is 1. The second kappa shape index (κ2) is 6.72. The van der Waals surface area contributed by atoms with Gasteiger partial charge in [-0.05, 0) is 63.9 Å². The molecule has 1 fully saturated rings. The second-order valence-corrected chi connectivity index (χ2v) is 5.61. The van der Waals surface area contributed by atoms with Crippen LogP contribution in [-0.4, -0.2) is 30.4 Å². The minimum atomic E-state index is -0.503. The van der Waals surface area contributed by atoms with Crippen molar-refractivity contribution in [1.82, 2.24) is 10.6 Å². The molecule has 2 rings (SSSR count). The van der Waals surface area contributed by atoms with Crippen molar-refractivity contribution >= 4 is 17.5 Å². The summed E-state index contributed by atoms with van der Waals surface area (Å²) in [7, 11) is 0. The number of hydrogen-bond donors (Lipinski definition) is 3. The molecule has 1 atom stereocenters. The van der Waals surface area contributed by atoms with E-state index in [0.717, 1.165) is 25.8 Å². The Labute approximate surface area is 125 Å². The van der Waals surface area contributed by atoms with Crippen LogP contribution in [0.3, 0.4) is 0 Å². The monoisotopic (exact) mass is 289 g/mol. The number of hydrogen-bond acceptors (Lipinski definition) is 3. The van der Waals surface area contributed by atoms with Crippen molar-refractivity contribution in [2.75, 3.05) is 18.4 Å². The summed E-state index contributed by atoms with van der Waals surface area (Å²) >= 11 is 0. The molecule has 2 amide bonds. The first kappa shape index (κ1) is 15.5. The molecule has 3 N–H and O–H groups in total. The van der Waals surface area contributed by atoms with Gasteiger partial charge in [0, 0.05) is 17.8 Å². The van der Waals surface area contributed by atoms with Crippen molar-refractivity contribution in [3.8, 4) is 0 Å². The van der Waals surface area contributed by atoms with E-state index in [-0.39, 0.29) is 11.8 Å². The van der Waals surface area contributed by atoms with Crippen LogP contribution in [0.4, 0.5) is 5.69 Å². The lowest BCUT2D eigenvalue weighted by atomic mass is 9.90. The molecule has 1 aliphatic rings. The van der Waals surface area contributed by atoms with Gasteiger partial charge in [-0.25, -0.2) is 0 Å². The van der Waals surface area contributed by atoms with Crippen LogP contribution in [-0.2, 0) is 4.79 Å². The molecule has 0 aliphatic carbocycles. The number of amides is 2. The molecule has 1 aromatic rings. The normalized spacial score (nSPS) is 21.6. The van der Waals surface area contributed by atoms with Gasteiger partial charge < -0.3 is 16.0 Å². The van der Waals surface area contributed by atoms with Crippen molar-refractivity contribution in [1.29, 1.82) is 0 Å². The fourth-order valence-corrected chi connectivity index (χ4v) is 2.49. The van der Waals surface area contributed by atoms with Gasteiger partial charge >= 0.3 is 0 Å². The first-order chi connectivity index (χ1) is 10.0. The van der Waals surface area contributed by atoms with Gasteiger partial charge in [-0.2, -0.15) is 0 Å². The van der Waals surface area contributed by atoms with Gasteiger partial charge in [0.2, 0.25) is 5.91 Å². The number of nitrogens with one attached hydrogen (secondary N) is 3. The molecule has 21 heavy (non-hydrogen) atoms. The third-order valence-electron chi connectivity index (χ3n) is 3.86. The lowest BCUT2D eigenvalue weighted by Gasteiger charge is -2.33. The number of benzene rings is 1. The highest BCUT2D eigenvalue weighted by molar-refractivity contribution is 5.99. The Kier molecular flexibility index (Phi) is 4.96. The topological polar surface area (TPSA) is 70.2 Å². The van der Waals surface area contributed by atoms with Crippen LogP contribution >= 0.6 is 0 Å². The molecule has 0 radical (unpaired) electrons. The van der Waals surface area contributed by atoms with Crippen molar-refractivity contribution in [2.24, 2.45) is 0 Å². The number of carbonyl (C=O) groups is 2. The lowest BCUT2D eigenvalue weighted by molar-refractivity contribution is -0.122. The summed E-state index contributed by atoms with van der Waals surface area (Å²) in [5.74, 6) is -0.121. The summed E-state index contributed by atoms with van der Waals surface area (Å²) in [5.41, 5.74) is 0.801. The van der Waals surface area contributed by atoms with E-state index in [1.54, 1.807) is 24.3 Å². The van der Waals surface area contributed by atoms with Crippen molar-refractivity contribution in [3.63, 3.8) is 0 Å². The van der Waals surface area contributed by atoms with E-state index in [9.17, 15) is 9.59 Å². The van der Waals surface area contributed by atoms with Crippen LogP contribution in [0, 0.1) is 0 Å². The Balaban J connectivity index is 1.99. The zero-order chi connectivity index (χ0) is 15.3. The van der Waals surface area contributed by atoms with Crippen LogP contribution in [0.2, 0.25) is 0 Å². The average molecular weight is 289 g/mol. The molecule has 114 valence electrons. The largest absolute Gasteiger partial charge is 0.352 e. The fraction of sp³-hybridized carbons (Fsp3) is 0.500. The molecule has 1 heterocycles. The predicted molar refractivity (Wildman–Crippen MR) is 83.3 cm³/mol. The van der Waals surface area contributed by atoms with Crippen LogP contribution in [0.5, 0.6) is 0 Å². The highest BCUT2D eigenvalue weighted by Gasteiger charge is 2.34. The molecule has 0 bridgehead atoms. The van der Waals surface area contributed by atoms with Crippen molar-refractivity contribution in [2.45, 2.75) is 38.6 Å². The molecule has 1 aliphatic heterocycles. The Bertz CT molecular complexity index is 505. The highest BCUT2D eigenvalue weighted by Crippen LogP contribution is 2.21. The van der Waals surface area contributed by atoms with E-state index >= 15 is 0 Å². The zero-order valence-corrected chi connectivity index (χ0v) is 12.7. The molecular formula is C16H23N3O2. The van der Waals surface area contributed by atoms with E-state index in [1.165, 1.54) is 0 Å². The maximum atomic E-state index is 12.4. The molecule has 1 unspecified atom stereocenters. The van der Waals surface area contributed by atoms with Crippen LogP contribution in [0.1, 0.15) is 43.5 Å². The molecule has 0 aromatic heterocycles. The first-order valence-electron chi connectivity index (χ1n) is 7.50. The highest BCUT2D eigenvalue weighted by atomic mass is 16.2. The average Bonchev–Trinajstić information content (AvgIpc) is 2.49. The molecule has 5 nitrogen and oxygen atoms in total. The molecule has 1 saturated heterocycles. The molecule has 5 heteroatoms. The third-order valence-corrected chi connectivity index (χ3v) is 3.86. The van der Waals surface area contributed by atoms with Gasteiger partial charge in [0.15, 0.2) is 0 Å². The van der Waals surface area contributed by atoms with Crippen LogP contribution < -0.4 is 16.0 Å². The zero-order valence-electron chi connectivity index (χ0n) is 12.7. The quantitative estimate of drug-likeness (QED) is 0.793. The molecule has 0 spiro atoms. The summed E-state index contributed by atoms with van der Waals surface area (Å²) < 4.78 is 0. The lowest BCUT2D eigenvalue weighted by Crippen LogP contribution is -2.54. The summed E-state index contributed by atoms with van der Waals surface area (Å²) in [6.07, 6.45) is 3.02. The first-order valence-corrected chi connectivity index (χ1v) is 7.50. The van der Waals surface area contributed by atoms with Crippen molar-refractivity contribution in [3.05, 3.63) is 29.8 Å². The Morgan fingerprint density at radius 2 is 1.95 bits per heavy atom. The Hall–Kier alpha value is -1.88. The number of carbonyl (C=O) groups excluding carboxylic acids is 2. The van der Waals surface area contributed by atoms with Gasteiger partial charge in [0.25, 0.3) is 5.91 Å². The fourth-order valence-electron chi connectivity index (χ4n) is 2.49. The standard InChI is InChI=1S/C16H23N3O2/c1-3-17-14(20)12-6-8-13(9-7-12)19-15(21)16(2)10-4-5-11-18-16/h6-9,18H,3-5,10-11H2,1-2H3,(H,17,20)(H,19,21). The van der Waals surface area contributed by atoms with Gasteiger partial charge in [0.05, 0.1) is 5.54 Å². The van der Waals surface area contributed by atoms with Gasteiger partial charge in [-0.1, -0.05) is 0 Å². The Morgan fingerprint density at radius 1 is 1.24 bits per heavy atom. The smallest absolute Gasteiger partial charge is 0.251 e. The SMILES string of the molecule is CCNC(=O)c1ccc(NC(=O)C2(C)CCCCN2)cc1. The van der Waals surface area contributed by atoms with E-state index < -0.39 is 5.54 Å². The number of rotatable bonds is 4. The molecule has 1 aromatic carbocycles. The minimum Gasteiger partial charge on any atom is -0.352 e. The van der Waals surface area contributed by atoms with E-state index in [1.807, 2.05) is 13.8 Å². The molecule has 0 saturated carbocycles. The van der Waals surface area contributed by atoms with Gasteiger partial charge in [-0.3, -0.25) is 9.59 Å². The maximum Gasteiger partial charge on any atom is 0.251 e. The van der Waals surface area contributed by atoms with Crippen LogP contribution in [0.25, 0.3) is 0 Å². The van der Waals surface area contributed by atoms with E-state index in [2.05, 4.69) is 16.0 Å². The summed E-state index contributed by atoms with van der Waals surface area (Å²) in [6, 6.07) is 6.96. The predicted octanol–water partition coefficient (Wildman–Crippen LogP) is 1.91. The van der Waals surface area contributed by atoms with Gasteiger partial charge in [0.1, 0.15) is 0 Å². The summed E-state index contributed by atoms with van der Waals surface area (Å²) in [4.78, 5) is 24.0. The number of piperidine rings is 1.